The minimum Gasteiger partial charge on any atom is -0.289 e. The number of nitriles is 4. The highest BCUT2D eigenvalue weighted by Crippen LogP contribution is 2.73. The Morgan fingerprint density at radius 2 is 0.707 bits per heavy atom. The minimum atomic E-state index is -0.670. The number of Topliss-reactive ketones (excluding diaryl/α,β-unsaturated/α-hetero) is 2. The maximum absolute atomic E-state index is 14.2. The second kappa shape index (κ2) is 18.0. The van der Waals surface area contributed by atoms with Crippen LogP contribution in [-0.4, -0.2) is 11.6 Å². The normalized spacial score (nSPS) is 16.0. The van der Waals surface area contributed by atoms with E-state index in [-0.39, 0.29) is 22.7 Å². The van der Waals surface area contributed by atoms with Crippen LogP contribution in [0.2, 0.25) is 0 Å². The molecule has 0 amide bonds. The number of nitrogens with zero attached hydrogens (tertiary/aromatic N) is 4. The SMILES string of the molecule is Cc1ccc(C2(c3ccc(C)s3)c3c(sc4cc(/C=C5\C(=O)c6ccccc6C5=C(C#N)C#N)sc34)-c3sc4c5c(sc4c32)-c2sc3cc(/C=C4\C(=O)c6ccccc6C4=C(C#N)C#N)sc3c2C5(c2ccc(C)s2)c2ccc(C)s2)s1. The lowest BCUT2D eigenvalue weighted by atomic mass is 9.75. The van der Waals surface area contributed by atoms with Crippen molar-refractivity contribution in [2.45, 2.75) is 38.5 Å². The summed E-state index contributed by atoms with van der Waals surface area (Å²) in [5.74, 6) is -0.377. The summed E-state index contributed by atoms with van der Waals surface area (Å²) in [6, 6.07) is 45.6. The molecule has 0 saturated heterocycles. The Kier molecular flexibility index (Phi) is 11.0. The molecule has 16 heteroatoms. The number of benzene rings is 2. The van der Waals surface area contributed by atoms with E-state index in [1.807, 2.05) is 139 Å². The van der Waals surface area contributed by atoms with Gasteiger partial charge in [-0.15, -0.1) is 113 Å². The number of ketones is 2. The molecule has 0 bridgehead atoms. The summed E-state index contributed by atoms with van der Waals surface area (Å²) in [4.78, 5) is 45.3. The third kappa shape index (κ3) is 6.51. The standard InChI is InChI=1S/C66H32N4O2S10/c1-29-13-17-45(73-29)65(46-18-14-30(2)74-46)51-57-43(23-35(77-57)21-41-49(33(25-67)26-68)37-9-5-7-11-39(37)55(41)71)79-59(51)61-53(65)63-64(81-61)54-62(82-63)60-52(66(54,47-19-15-31(3)75-47)48-20-16-32(4)76-48)58-44(80-60)24-36(78-58)22-42-50(34(27-69)28-70)38-10-6-8-12-40(38)56(42)72/h5-24H,1-4H3/b41-21-,42-22-. The van der Waals surface area contributed by atoms with Gasteiger partial charge in [0.2, 0.25) is 0 Å². The van der Waals surface area contributed by atoms with Crippen LogP contribution in [0, 0.1) is 73.0 Å². The Labute approximate surface area is 509 Å². The van der Waals surface area contributed by atoms with Crippen molar-refractivity contribution in [3.05, 3.63) is 225 Å². The summed E-state index contributed by atoms with van der Waals surface area (Å²) in [6.07, 6.45) is 3.80. The van der Waals surface area contributed by atoms with Crippen LogP contribution in [0.1, 0.15) is 103 Å². The summed E-state index contributed by atoms with van der Waals surface area (Å²) in [5.41, 5.74) is 7.46. The molecule has 0 radical (unpaired) electrons. The van der Waals surface area contributed by atoms with Gasteiger partial charge in [0.25, 0.3) is 0 Å². The summed E-state index contributed by atoms with van der Waals surface area (Å²) in [7, 11) is 0. The average Bonchev–Trinajstić information content (AvgIpc) is 1.51. The number of fused-ring (bicyclic) bond motifs is 15. The van der Waals surface area contributed by atoms with Crippen LogP contribution in [0.3, 0.4) is 0 Å². The molecule has 4 aliphatic rings. The molecule has 0 fully saturated rings. The molecule has 0 atom stereocenters. The highest BCUT2D eigenvalue weighted by Gasteiger charge is 2.58. The van der Waals surface area contributed by atoms with Gasteiger partial charge in [0.15, 0.2) is 11.6 Å². The first-order valence-corrected chi connectivity index (χ1v) is 33.9. The molecular weight excluding hydrogens is 1200 g/mol. The predicted molar refractivity (Wildman–Crippen MR) is 345 cm³/mol. The lowest BCUT2D eigenvalue weighted by Crippen LogP contribution is -2.26. The van der Waals surface area contributed by atoms with Crippen LogP contribution in [0.25, 0.3) is 71.0 Å². The molecule has 82 heavy (non-hydrogen) atoms. The van der Waals surface area contributed by atoms with Crippen LogP contribution in [-0.2, 0) is 10.8 Å². The molecule has 10 heterocycles. The van der Waals surface area contributed by atoms with Crippen LogP contribution in [0.15, 0.2) is 131 Å². The van der Waals surface area contributed by atoms with Gasteiger partial charge < -0.3 is 0 Å². The number of thiophene rings is 10. The number of carbonyl (C=O) groups is 2. The second-order valence-electron chi connectivity index (χ2n) is 20.5. The van der Waals surface area contributed by atoms with Crippen LogP contribution < -0.4 is 0 Å². The summed E-state index contributed by atoms with van der Waals surface area (Å²) >= 11 is 18.3. The zero-order valence-electron chi connectivity index (χ0n) is 43.2. The second-order valence-corrected chi connectivity index (χ2v) is 32.0. The first-order valence-electron chi connectivity index (χ1n) is 25.7. The van der Waals surface area contributed by atoms with Gasteiger partial charge in [-0.1, -0.05) is 48.5 Å². The van der Waals surface area contributed by atoms with Crippen molar-refractivity contribution in [2.24, 2.45) is 0 Å². The lowest BCUT2D eigenvalue weighted by Gasteiger charge is -2.30. The fraction of sp³-hybridized carbons (Fsp3) is 0.0909. The third-order valence-corrected chi connectivity index (χ3v) is 28.2. The Morgan fingerprint density at radius 3 is 1.02 bits per heavy atom. The van der Waals surface area contributed by atoms with E-state index < -0.39 is 10.8 Å². The van der Waals surface area contributed by atoms with Crippen LogP contribution in [0.4, 0.5) is 0 Å². The highest BCUT2D eigenvalue weighted by molar-refractivity contribution is 7.38. The Morgan fingerprint density at radius 1 is 0.390 bits per heavy atom. The molecule has 2 aromatic carbocycles. The number of allylic oxidation sites excluding steroid dienone is 6. The van der Waals surface area contributed by atoms with Crippen molar-refractivity contribution in [3.63, 3.8) is 0 Å². The maximum Gasteiger partial charge on any atom is 0.194 e. The van der Waals surface area contributed by atoms with E-state index in [1.54, 1.807) is 34.8 Å². The molecule has 0 saturated carbocycles. The van der Waals surface area contributed by atoms with E-state index in [2.05, 4.69) is 113 Å². The van der Waals surface area contributed by atoms with E-state index in [0.29, 0.717) is 44.5 Å². The highest BCUT2D eigenvalue weighted by atomic mass is 32.1. The summed E-state index contributed by atoms with van der Waals surface area (Å²) in [5, 5.41) is 40.7. The Hall–Kier alpha value is -7.52. The molecule has 10 aromatic heterocycles. The van der Waals surface area contributed by atoms with Crippen molar-refractivity contribution in [1.82, 2.24) is 0 Å². The Balaban J connectivity index is 0.958. The molecule has 388 valence electrons. The fourth-order valence-corrected chi connectivity index (χ4v) is 26.2. The topological polar surface area (TPSA) is 129 Å². The van der Waals surface area contributed by atoms with E-state index in [9.17, 15) is 30.6 Å². The molecule has 12 aromatic rings. The van der Waals surface area contributed by atoms with Gasteiger partial charge >= 0.3 is 0 Å². The van der Waals surface area contributed by atoms with Crippen molar-refractivity contribution in [1.29, 1.82) is 21.0 Å². The number of hydrogen-bond acceptors (Lipinski definition) is 16. The van der Waals surface area contributed by atoms with Gasteiger partial charge in [0.1, 0.15) is 35.4 Å². The molecule has 0 aliphatic heterocycles. The smallest absolute Gasteiger partial charge is 0.194 e. The van der Waals surface area contributed by atoms with Crippen molar-refractivity contribution in [3.8, 4) is 43.8 Å². The zero-order valence-corrected chi connectivity index (χ0v) is 51.4. The molecule has 16 rings (SSSR count). The van der Waals surface area contributed by atoms with E-state index in [0.717, 1.165) is 19.2 Å². The molecule has 4 aliphatic carbocycles. The van der Waals surface area contributed by atoms with E-state index >= 15 is 0 Å². The molecular formula is C66H32N4O2S10. The van der Waals surface area contributed by atoms with E-state index in [4.69, 9.17) is 0 Å². The number of hydrogen-bond donors (Lipinski definition) is 0. The molecule has 6 nitrogen and oxygen atoms in total. The average molecular weight is 1230 g/mol. The van der Waals surface area contributed by atoms with Gasteiger partial charge in [0.05, 0.1) is 49.1 Å². The molecule has 0 N–H and O–H groups in total. The predicted octanol–water partition coefficient (Wildman–Crippen LogP) is 19.9. The summed E-state index contributed by atoms with van der Waals surface area (Å²) < 4.78 is 7.19. The lowest BCUT2D eigenvalue weighted by molar-refractivity contribution is 0.103. The zero-order chi connectivity index (χ0) is 55.8. The van der Waals surface area contributed by atoms with Gasteiger partial charge in [-0.25, -0.2) is 0 Å². The number of aryl methyl sites for hydroxylation is 4. The van der Waals surface area contributed by atoms with E-state index in [1.165, 1.54) is 99.6 Å². The molecule has 0 unspecified atom stereocenters. The van der Waals surface area contributed by atoms with Gasteiger partial charge in [0, 0.05) is 114 Å². The fourth-order valence-electron chi connectivity index (χ4n) is 12.9. The number of rotatable bonds is 6. The number of carbonyl (C=O) groups excluding carboxylic acids is 2. The quantitative estimate of drug-likeness (QED) is 0.120. The Bertz CT molecular complexity index is 4840. The van der Waals surface area contributed by atoms with Gasteiger partial charge in [-0.3, -0.25) is 9.59 Å². The monoisotopic (exact) mass is 1230 g/mol. The third-order valence-electron chi connectivity index (χ3n) is 16.1. The van der Waals surface area contributed by atoms with Crippen LogP contribution >= 0.6 is 113 Å². The van der Waals surface area contributed by atoms with Crippen molar-refractivity contribution in [2.75, 3.05) is 0 Å². The minimum absolute atomic E-state index is 0.0758. The maximum atomic E-state index is 14.2. The molecule has 0 spiro atoms. The largest absolute Gasteiger partial charge is 0.289 e. The van der Waals surface area contributed by atoms with Gasteiger partial charge in [-0.2, -0.15) is 21.0 Å². The summed E-state index contributed by atoms with van der Waals surface area (Å²) in [6.45, 7) is 8.78. The first kappa shape index (κ1) is 50.2. The van der Waals surface area contributed by atoms with Crippen LogP contribution in [0.5, 0.6) is 0 Å². The van der Waals surface area contributed by atoms with Crippen molar-refractivity contribution < 1.29 is 9.59 Å². The van der Waals surface area contributed by atoms with Gasteiger partial charge in [-0.05, 0) is 112 Å². The van der Waals surface area contributed by atoms with Crippen molar-refractivity contribution >= 4 is 176 Å². The first-order chi connectivity index (χ1) is 39.9.